The van der Waals surface area contributed by atoms with E-state index in [1.807, 2.05) is 0 Å². The number of halogens is 1. The molecule has 14 heteroatoms. The molecule has 2 aromatic carbocycles. The first-order valence-electron chi connectivity index (χ1n) is 14.2. The van der Waals surface area contributed by atoms with Crippen LogP contribution in [0.25, 0.3) is 0 Å². The third-order valence-electron chi connectivity index (χ3n) is 8.21. The minimum absolute atomic E-state index is 0. The number of carboxylic acid groups (broad SMARTS) is 1. The largest absolute Gasteiger partial charge is 0.493 e. The van der Waals surface area contributed by atoms with Gasteiger partial charge in [-0.1, -0.05) is 30.7 Å². The van der Waals surface area contributed by atoms with E-state index < -0.39 is 29.5 Å². The Bertz CT molecular complexity index is 1340. The second-order valence-electron chi connectivity index (χ2n) is 11.5. The zero-order valence-corrected chi connectivity index (χ0v) is 36.0. The van der Waals surface area contributed by atoms with Gasteiger partial charge in [0.15, 0.2) is 11.5 Å². The summed E-state index contributed by atoms with van der Waals surface area (Å²) in [7, 11) is 3.01. The zero-order valence-electron chi connectivity index (χ0n) is 25.8. The first-order valence-corrected chi connectivity index (χ1v) is 14.6. The molecular weight excluding hydrogens is 1030 g/mol. The number of aliphatic carboxylic acids is 1. The zero-order chi connectivity index (χ0) is 31.3. The number of amides is 2. The van der Waals surface area contributed by atoms with Crippen molar-refractivity contribution in [2.45, 2.75) is 44.8 Å². The Balaban J connectivity index is 0.00000353. The molecule has 11 nitrogen and oxygen atoms in total. The van der Waals surface area contributed by atoms with E-state index in [1.54, 1.807) is 48.2 Å². The van der Waals surface area contributed by atoms with Crippen LogP contribution < -0.4 is 14.4 Å². The van der Waals surface area contributed by atoms with Crippen LogP contribution >= 0.6 is 11.6 Å². The number of aliphatic hydroxyl groups is 2. The fourth-order valence-corrected chi connectivity index (χ4v) is 5.86. The van der Waals surface area contributed by atoms with Crippen molar-refractivity contribution in [2.24, 2.45) is 11.3 Å². The Kier molecular flexibility index (Phi) is 16.6. The number of nitrogens with zero attached hydrogens (tertiary/aromatic N) is 2. The smallest absolute Gasteiger partial charge is 0.303 e. The predicted octanol–water partition coefficient (Wildman–Crippen LogP) is 3.27. The Labute approximate surface area is 340 Å². The van der Waals surface area contributed by atoms with Gasteiger partial charge in [-0.25, -0.2) is 0 Å². The predicted molar refractivity (Wildman–Crippen MR) is 159 cm³/mol. The third-order valence-corrected chi connectivity index (χ3v) is 8.45. The standard InChI is InChI=1S/C31H39ClN2O9.2Ac/c1-31(17-35,18-36)16-34-23-8-7-20(32)14-22(23)28(21-5-4-6-24(41-2)29(21)42-3)43-25(30(34)40)15-26(37)33-11-9-19(10-12-33)13-27(38)39;;/h4-8,14,19,25,28,35-36H,9-13,15-18H2,1-3H3,(H,38,39);;/t25-,28-;;/m1../s1. The molecule has 45 heavy (non-hydrogen) atoms. The van der Waals surface area contributed by atoms with Crippen LogP contribution in [-0.4, -0.2) is 91.2 Å². The molecule has 0 spiro atoms. The molecule has 1 saturated heterocycles. The van der Waals surface area contributed by atoms with E-state index in [0.29, 0.717) is 59.3 Å². The van der Waals surface area contributed by atoms with E-state index in [1.165, 1.54) is 19.1 Å². The van der Waals surface area contributed by atoms with E-state index in [9.17, 15) is 24.6 Å². The van der Waals surface area contributed by atoms with Gasteiger partial charge in [0.1, 0.15) is 12.2 Å². The SMILES string of the molecule is COc1cccc([C@H]2O[C@H](CC(=O)N3CCC(CC(=O)O)CC3)C(=O)N(CC(C)(CO)CO)c3ccc(Cl)cc32)c1OC.[Ac].[Ac]. The summed E-state index contributed by atoms with van der Waals surface area (Å²) in [6.07, 6.45) is -1.23. The van der Waals surface area contributed by atoms with Crippen LogP contribution in [0.1, 0.15) is 49.8 Å². The fourth-order valence-electron chi connectivity index (χ4n) is 5.68. The van der Waals surface area contributed by atoms with Crippen LogP contribution in [0.4, 0.5) is 5.69 Å². The number of aliphatic hydroxyl groups excluding tert-OH is 2. The van der Waals surface area contributed by atoms with Gasteiger partial charge < -0.3 is 39.3 Å². The summed E-state index contributed by atoms with van der Waals surface area (Å²) in [4.78, 5) is 42.1. The number of para-hydroxylation sites is 1. The summed E-state index contributed by atoms with van der Waals surface area (Å²) < 4.78 is 17.8. The monoisotopic (exact) mass is 1070 g/mol. The topological polar surface area (TPSA) is 146 Å². The molecule has 3 N–H and O–H groups in total. The summed E-state index contributed by atoms with van der Waals surface area (Å²) in [5.74, 6) is -0.826. The molecule has 1 fully saturated rings. The number of rotatable bonds is 11. The van der Waals surface area contributed by atoms with Gasteiger partial charge >= 0.3 is 5.97 Å². The number of likely N-dealkylation sites (tertiary alicyclic amines) is 1. The van der Waals surface area contributed by atoms with Gasteiger partial charge in [0, 0.05) is 141 Å². The van der Waals surface area contributed by atoms with Gasteiger partial charge in [0.2, 0.25) is 5.91 Å². The summed E-state index contributed by atoms with van der Waals surface area (Å²) in [5, 5.41) is 29.7. The van der Waals surface area contributed by atoms with Crippen LogP contribution in [0.2, 0.25) is 5.02 Å². The Hall–Kier alpha value is -0.497. The van der Waals surface area contributed by atoms with Crippen LogP contribution in [0, 0.1) is 99.5 Å². The molecular formula is C31H39Ac2ClN2O9. The minimum atomic E-state index is -1.24. The molecule has 2 aromatic rings. The van der Waals surface area contributed by atoms with E-state index in [2.05, 4.69) is 0 Å². The number of carbonyl (C=O) groups is 3. The molecule has 2 amide bonds. The second kappa shape index (κ2) is 18.3. The van der Waals surface area contributed by atoms with Crippen molar-refractivity contribution in [3.05, 3.63) is 52.5 Å². The van der Waals surface area contributed by atoms with E-state index in [4.69, 9.17) is 30.9 Å². The van der Waals surface area contributed by atoms with Gasteiger partial charge in [0.05, 0.1) is 33.9 Å². The molecule has 2 aliphatic rings. The Morgan fingerprint density at radius 2 is 1.69 bits per heavy atom. The molecule has 0 aromatic heterocycles. The minimum Gasteiger partial charge on any atom is -0.493 e. The van der Waals surface area contributed by atoms with Crippen molar-refractivity contribution in [1.82, 2.24) is 4.90 Å². The maximum Gasteiger partial charge on any atom is 0.303 e. The first-order chi connectivity index (χ1) is 20.5. The van der Waals surface area contributed by atoms with Gasteiger partial charge in [-0.05, 0) is 43.0 Å². The molecule has 2 radical (unpaired) electrons. The van der Waals surface area contributed by atoms with Crippen LogP contribution in [0.3, 0.4) is 0 Å². The van der Waals surface area contributed by atoms with Gasteiger partial charge in [-0.15, -0.1) is 0 Å². The van der Waals surface area contributed by atoms with Crippen LogP contribution in [0.5, 0.6) is 11.5 Å². The van der Waals surface area contributed by atoms with Crippen LogP contribution in [-0.2, 0) is 19.1 Å². The van der Waals surface area contributed by atoms with Gasteiger partial charge in [0.25, 0.3) is 5.91 Å². The second-order valence-corrected chi connectivity index (χ2v) is 11.9. The maximum absolute atomic E-state index is 14.3. The quantitative estimate of drug-likeness (QED) is 0.309. The number of hydrogen-bond acceptors (Lipinski definition) is 8. The molecule has 4 rings (SSSR count). The number of carboxylic acids is 1. The normalized spacial score (nSPS) is 18.7. The third kappa shape index (κ3) is 9.79. The Morgan fingerprint density at radius 3 is 2.27 bits per heavy atom. The number of carbonyl (C=O) groups excluding carboxylic acids is 2. The maximum atomic E-state index is 14.3. The molecule has 0 unspecified atom stereocenters. The number of anilines is 1. The van der Waals surface area contributed by atoms with Crippen molar-refractivity contribution in [3.8, 4) is 11.5 Å². The number of benzene rings is 2. The fraction of sp³-hybridized carbons (Fsp3) is 0.516. The van der Waals surface area contributed by atoms with Crippen molar-refractivity contribution in [3.63, 3.8) is 0 Å². The summed E-state index contributed by atoms with van der Waals surface area (Å²) >= 11 is 6.46. The van der Waals surface area contributed by atoms with Crippen molar-refractivity contribution < 1.29 is 132 Å². The van der Waals surface area contributed by atoms with E-state index in [-0.39, 0.29) is 133 Å². The van der Waals surface area contributed by atoms with Gasteiger partial charge in [-0.2, -0.15) is 0 Å². The van der Waals surface area contributed by atoms with Crippen molar-refractivity contribution in [1.29, 1.82) is 0 Å². The average Bonchev–Trinajstić information content (AvgIpc) is 3.10. The van der Waals surface area contributed by atoms with Crippen molar-refractivity contribution >= 4 is 35.1 Å². The Morgan fingerprint density at radius 1 is 1.02 bits per heavy atom. The summed E-state index contributed by atoms with van der Waals surface area (Å²) in [6, 6.07) is 10.3. The molecule has 0 saturated carbocycles. The number of hydrogen-bond donors (Lipinski definition) is 3. The first kappa shape index (κ1) is 40.7. The number of fused-ring (bicyclic) bond motifs is 1. The van der Waals surface area contributed by atoms with Gasteiger partial charge in [-0.3, -0.25) is 14.4 Å². The average molecular weight is 1070 g/mol. The molecule has 2 atom stereocenters. The van der Waals surface area contributed by atoms with Crippen LogP contribution in [0.15, 0.2) is 36.4 Å². The van der Waals surface area contributed by atoms with Crippen molar-refractivity contribution in [2.75, 3.05) is 52.0 Å². The molecule has 0 bridgehead atoms. The summed E-state index contributed by atoms with van der Waals surface area (Å²) in [5.41, 5.74) is 0.497. The number of piperidine rings is 1. The van der Waals surface area contributed by atoms with E-state index >= 15 is 0 Å². The molecule has 2 heterocycles. The molecule has 240 valence electrons. The number of ether oxygens (including phenoxy) is 3. The van der Waals surface area contributed by atoms with E-state index in [0.717, 1.165) is 0 Å². The number of methoxy groups -OCH3 is 2. The summed E-state index contributed by atoms with van der Waals surface area (Å²) in [6.45, 7) is 1.60. The molecule has 0 aliphatic carbocycles. The molecule has 2 aliphatic heterocycles.